The van der Waals surface area contributed by atoms with Crippen molar-refractivity contribution in [2.75, 3.05) is 7.05 Å². The van der Waals surface area contributed by atoms with Crippen LogP contribution >= 0.6 is 11.6 Å². The van der Waals surface area contributed by atoms with Crippen LogP contribution in [0.3, 0.4) is 0 Å². The Hall–Kier alpha value is -1.31. The molecule has 2 rings (SSSR count). The van der Waals surface area contributed by atoms with Gasteiger partial charge in [0.1, 0.15) is 0 Å². The smallest absolute Gasteiger partial charge is 0.0438 e. The molecule has 0 radical (unpaired) electrons. The second-order valence-electron chi connectivity index (χ2n) is 5.95. The molecule has 0 saturated carbocycles. The molecule has 0 aliphatic carbocycles. The first-order valence-electron chi connectivity index (χ1n) is 7.53. The lowest BCUT2D eigenvalue weighted by molar-refractivity contribution is 0.592. The van der Waals surface area contributed by atoms with E-state index in [2.05, 4.69) is 61.6 Å². The first kappa shape index (κ1) is 16.1. The predicted molar refractivity (Wildman–Crippen MR) is 92.2 cm³/mol. The summed E-state index contributed by atoms with van der Waals surface area (Å²) in [6, 6.07) is 15.5. The maximum Gasteiger partial charge on any atom is 0.0438 e. The van der Waals surface area contributed by atoms with Gasteiger partial charge in [-0.3, -0.25) is 0 Å². The molecular weight excluding hydrogens is 278 g/mol. The van der Waals surface area contributed by atoms with Crippen molar-refractivity contribution in [2.45, 2.75) is 39.2 Å². The summed E-state index contributed by atoms with van der Waals surface area (Å²) in [4.78, 5) is 0. The first-order chi connectivity index (χ1) is 10.0. The molecule has 0 heterocycles. The van der Waals surface area contributed by atoms with E-state index in [4.69, 9.17) is 11.6 Å². The van der Waals surface area contributed by atoms with E-state index in [1.54, 1.807) is 0 Å². The van der Waals surface area contributed by atoms with E-state index in [-0.39, 0.29) is 6.04 Å². The van der Waals surface area contributed by atoms with Crippen LogP contribution in [0.4, 0.5) is 0 Å². The Bertz CT molecular complexity index is 587. The largest absolute Gasteiger partial charge is 0.313 e. The Morgan fingerprint density at radius 3 is 2.14 bits per heavy atom. The molecular formula is C19H24ClN. The first-order valence-corrected chi connectivity index (χ1v) is 7.91. The third-order valence-electron chi connectivity index (χ3n) is 4.03. The van der Waals surface area contributed by atoms with Crippen LogP contribution in [0.25, 0.3) is 0 Å². The summed E-state index contributed by atoms with van der Waals surface area (Å²) in [6.45, 7) is 6.48. The fourth-order valence-corrected chi connectivity index (χ4v) is 2.68. The normalized spacial score (nSPS) is 12.7. The van der Waals surface area contributed by atoms with Gasteiger partial charge in [-0.15, -0.1) is 0 Å². The lowest BCUT2D eigenvalue weighted by Gasteiger charge is -2.18. The lowest BCUT2D eigenvalue weighted by Crippen LogP contribution is -2.18. The zero-order chi connectivity index (χ0) is 15.4. The monoisotopic (exact) mass is 301 g/mol. The lowest BCUT2D eigenvalue weighted by atomic mass is 9.96. The second-order valence-corrected chi connectivity index (χ2v) is 6.36. The molecule has 0 spiro atoms. The third kappa shape index (κ3) is 4.09. The minimum atomic E-state index is 0.285. The topological polar surface area (TPSA) is 12.0 Å². The van der Waals surface area contributed by atoms with Gasteiger partial charge in [-0.25, -0.2) is 0 Å². The molecule has 2 aromatic rings. The number of benzene rings is 2. The van der Waals surface area contributed by atoms with E-state index < -0.39 is 0 Å². The van der Waals surface area contributed by atoms with Gasteiger partial charge >= 0.3 is 0 Å². The van der Waals surface area contributed by atoms with Crippen LogP contribution in [0.1, 0.15) is 48.1 Å². The minimum absolute atomic E-state index is 0.285. The van der Waals surface area contributed by atoms with Crippen LogP contribution in [0.5, 0.6) is 0 Å². The molecule has 1 atom stereocenters. The molecule has 0 aromatic heterocycles. The Morgan fingerprint density at radius 1 is 1.00 bits per heavy atom. The SMILES string of the molecule is CNC(Cc1ccc(C(C)C)cc1)c1ccc(C)c(Cl)c1. The van der Waals surface area contributed by atoms with E-state index in [1.807, 2.05) is 14.0 Å². The number of hydrogen-bond donors (Lipinski definition) is 1. The molecule has 0 bridgehead atoms. The molecule has 1 unspecified atom stereocenters. The quantitative estimate of drug-likeness (QED) is 0.792. The van der Waals surface area contributed by atoms with E-state index in [0.717, 1.165) is 17.0 Å². The molecule has 1 N–H and O–H groups in total. The van der Waals surface area contributed by atoms with Crippen LogP contribution in [-0.4, -0.2) is 7.05 Å². The fraction of sp³-hybridized carbons (Fsp3) is 0.368. The highest BCUT2D eigenvalue weighted by molar-refractivity contribution is 6.31. The van der Waals surface area contributed by atoms with Gasteiger partial charge in [0.05, 0.1) is 0 Å². The highest BCUT2D eigenvalue weighted by Gasteiger charge is 2.11. The summed E-state index contributed by atoms with van der Waals surface area (Å²) in [6.07, 6.45) is 0.967. The Labute approximate surface area is 133 Å². The van der Waals surface area contributed by atoms with Crippen molar-refractivity contribution in [2.24, 2.45) is 0 Å². The average Bonchev–Trinajstić information content (AvgIpc) is 2.48. The highest BCUT2D eigenvalue weighted by atomic mass is 35.5. The van der Waals surface area contributed by atoms with E-state index in [9.17, 15) is 0 Å². The molecule has 2 aromatic carbocycles. The van der Waals surface area contributed by atoms with E-state index in [1.165, 1.54) is 16.7 Å². The van der Waals surface area contributed by atoms with E-state index in [0.29, 0.717) is 5.92 Å². The van der Waals surface area contributed by atoms with Crippen molar-refractivity contribution < 1.29 is 0 Å². The Morgan fingerprint density at radius 2 is 1.62 bits per heavy atom. The molecule has 21 heavy (non-hydrogen) atoms. The molecule has 0 amide bonds. The van der Waals surface area contributed by atoms with Gasteiger partial charge in [0.15, 0.2) is 0 Å². The highest BCUT2D eigenvalue weighted by Crippen LogP contribution is 2.24. The van der Waals surface area contributed by atoms with Gasteiger partial charge in [0, 0.05) is 11.1 Å². The van der Waals surface area contributed by atoms with Crippen LogP contribution in [0.2, 0.25) is 5.02 Å². The van der Waals surface area contributed by atoms with Crippen molar-refractivity contribution in [3.8, 4) is 0 Å². The standard InChI is InChI=1S/C19H24ClN/c1-13(2)16-9-6-15(7-10-16)11-19(21-4)17-8-5-14(3)18(20)12-17/h5-10,12-13,19,21H,11H2,1-4H3. The molecule has 0 saturated heterocycles. The minimum Gasteiger partial charge on any atom is -0.313 e. The second kappa shape index (κ2) is 7.11. The van der Waals surface area contributed by atoms with Crippen molar-refractivity contribution in [1.29, 1.82) is 0 Å². The average molecular weight is 302 g/mol. The maximum atomic E-state index is 6.25. The van der Waals surface area contributed by atoms with Crippen LogP contribution in [0, 0.1) is 6.92 Å². The number of nitrogens with one attached hydrogen (secondary N) is 1. The van der Waals surface area contributed by atoms with Crippen LogP contribution < -0.4 is 5.32 Å². The van der Waals surface area contributed by atoms with Gasteiger partial charge in [-0.1, -0.05) is 61.8 Å². The van der Waals surface area contributed by atoms with Crippen molar-refractivity contribution in [3.63, 3.8) is 0 Å². The molecule has 112 valence electrons. The summed E-state index contributed by atoms with van der Waals surface area (Å²) < 4.78 is 0. The zero-order valence-electron chi connectivity index (χ0n) is 13.3. The number of aryl methyl sites for hydroxylation is 1. The van der Waals surface area contributed by atoms with Gasteiger partial charge in [-0.2, -0.15) is 0 Å². The summed E-state index contributed by atoms with van der Waals surface area (Å²) in [5.41, 5.74) is 5.09. The molecule has 0 fully saturated rings. The van der Waals surface area contributed by atoms with Crippen LogP contribution in [0.15, 0.2) is 42.5 Å². The number of rotatable bonds is 5. The summed E-state index contributed by atoms with van der Waals surface area (Å²) in [5, 5.41) is 4.23. The number of halogens is 1. The van der Waals surface area contributed by atoms with E-state index >= 15 is 0 Å². The number of hydrogen-bond acceptors (Lipinski definition) is 1. The summed E-state index contributed by atoms with van der Waals surface area (Å²) >= 11 is 6.25. The van der Waals surface area contributed by atoms with Gasteiger partial charge in [0.25, 0.3) is 0 Å². The van der Waals surface area contributed by atoms with Crippen molar-refractivity contribution >= 4 is 11.6 Å². The maximum absolute atomic E-state index is 6.25. The van der Waals surface area contributed by atoms with Gasteiger partial charge in [0.2, 0.25) is 0 Å². The van der Waals surface area contributed by atoms with Crippen LogP contribution in [-0.2, 0) is 6.42 Å². The zero-order valence-corrected chi connectivity index (χ0v) is 14.0. The van der Waals surface area contributed by atoms with Gasteiger partial charge in [-0.05, 0) is 54.6 Å². The Kier molecular flexibility index (Phi) is 5.44. The summed E-state index contributed by atoms with van der Waals surface area (Å²) in [5.74, 6) is 0.579. The number of likely N-dealkylation sites (N-methyl/N-ethyl adjacent to an activating group) is 1. The van der Waals surface area contributed by atoms with Gasteiger partial charge < -0.3 is 5.32 Å². The third-order valence-corrected chi connectivity index (χ3v) is 4.44. The predicted octanol–water partition coefficient (Wildman–Crippen LogP) is 5.28. The fourth-order valence-electron chi connectivity index (χ4n) is 2.49. The van der Waals surface area contributed by atoms with Crippen molar-refractivity contribution in [1.82, 2.24) is 5.32 Å². The summed E-state index contributed by atoms with van der Waals surface area (Å²) in [7, 11) is 2.00. The van der Waals surface area contributed by atoms with Crippen molar-refractivity contribution in [3.05, 3.63) is 69.7 Å². The molecule has 0 aliphatic heterocycles. The molecule has 0 aliphatic rings. The molecule has 1 nitrogen and oxygen atoms in total. The Balaban J connectivity index is 2.16. The molecule has 2 heteroatoms.